The summed E-state index contributed by atoms with van der Waals surface area (Å²) in [6.07, 6.45) is 3.23. The standard InChI is InChI=1S/C25H24GeN.C11H20O2.Ir/c1-18-15-22(16-21-7-5-6-8-24(18)21)25-17-20(13-14-27-25)19-9-11-23(12-10-19)26(2,3)4;1-10(2,3)8(12)7-9(13)11(4,5)6;/h5-15,17H,1-4H3;7,12H,1-6H3;/q-1;;/b;8-7-;. The summed E-state index contributed by atoms with van der Waals surface area (Å²) in [5.74, 6) is 7.39. The average Bonchev–Trinajstić information content (AvgIpc) is 2.87. The Morgan fingerprint density at radius 3 is 2.02 bits per heavy atom. The number of fused-ring (bicyclic) bond motifs is 1. The zero-order valence-corrected chi connectivity index (χ0v) is 30.6. The van der Waals surface area contributed by atoms with Crippen LogP contribution in [0.4, 0.5) is 0 Å². The van der Waals surface area contributed by atoms with Crippen LogP contribution in [0.3, 0.4) is 0 Å². The Morgan fingerprint density at radius 2 is 1.46 bits per heavy atom. The van der Waals surface area contributed by atoms with Crippen molar-refractivity contribution in [3.8, 4) is 22.4 Å². The quantitative estimate of drug-likeness (QED) is 0.0972. The third kappa shape index (κ3) is 9.49. The first-order valence-electron chi connectivity index (χ1n) is 13.9. The predicted octanol–water partition coefficient (Wildman–Crippen LogP) is 9.31. The van der Waals surface area contributed by atoms with Gasteiger partial charge in [0.1, 0.15) is 5.76 Å². The fourth-order valence-electron chi connectivity index (χ4n) is 4.03. The Bertz CT molecular complexity index is 1520. The van der Waals surface area contributed by atoms with Gasteiger partial charge in [0.2, 0.25) is 0 Å². The number of hydrogen-bond acceptors (Lipinski definition) is 3. The van der Waals surface area contributed by atoms with Crippen LogP contribution in [0.5, 0.6) is 0 Å². The third-order valence-corrected chi connectivity index (χ3v) is 11.2. The number of pyridine rings is 1. The zero-order chi connectivity index (χ0) is 29.9. The maximum atomic E-state index is 11.5. The Morgan fingerprint density at radius 1 is 0.854 bits per heavy atom. The van der Waals surface area contributed by atoms with E-state index < -0.39 is 18.7 Å². The van der Waals surface area contributed by atoms with Crippen LogP contribution < -0.4 is 4.40 Å². The first-order valence-corrected chi connectivity index (χ1v) is 21.3. The second-order valence-electron chi connectivity index (χ2n) is 13.6. The number of aryl methyl sites for hydroxylation is 1. The molecule has 0 aliphatic heterocycles. The summed E-state index contributed by atoms with van der Waals surface area (Å²) < 4.78 is 1.53. The molecule has 0 aliphatic rings. The number of rotatable bonds is 4. The van der Waals surface area contributed by atoms with Gasteiger partial charge in [-0.05, 0) is 0 Å². The second-order valence-corrected chi connectivity index (χ2v) is 24.2. The van der Waals surface area contributed by atoms with Crippen molar-refractivity contribution in [2.45, 2.75) is 65.7 Å². The van der Waals surface area contributed by atoms with Gasteiger partial charge < -0.3 is 5.11 Å². The molecule has 41 heavy (non-hydrogen) atoms. The van der Waals surface area contributed by atoms with Crippen molar-refractivity contribution >= 4 is 34.2 Å². The molecule has 4 rings (SSSR count). The van der Waals surface area contributed by atoms with Crippen molar-refractivity contribution in [3.05, 3.63) is 96.4 Å². The van der Waals surface area contributed by atoms with E-state index in [0.29, 0.717) is 0 Å². The normalized spacial score (nSPS) is 12.3. The first kappa shape index (κ1) is 34.7. The molecule has 0 fully saturated rings. The molecule has 0 bridgehead atoms. The minimum absolute atomic E-state index is 0. The molecule has 4 aromatic rings. The minimum Gasteiger partial charge on any atom is 0 e. The van der Waals surface area contributed by atoms with Crippen LogP contribution in [0.15, 0.2) is 84.8 Å². The topological polar surface area (TPSA) is 50.2 Å². The summed E-state index contributed by atoms with van der Waals surface area (Å²) >= 11 is -1.77. The van der Waals surface area contributed by atoms with Crippen molar-refractivity contribution in [1.29, 1.82) is 0 Å². The van der Waals surface area contributed by atoms with E-state index in [4.69, 9.17) is 0 Å². The van der Waals surface area contributed by atoms with Crippen LogP contribution in [0.25, 0.3) is 33.2 Å². The number of carbonyl (C=O) groups excluding carboxylic acids is 1. The van der Waals surface area contributed by atoms with E-state index in [1.54, 1.807) is 0 Å². The molecular weight excluding hydrogens is 743 g/mol. The van der Waals surface area contributed by atoms with Gasteiger partial charge in [-0.1, -0.05) is 47.6 Å². The minimum atomic E-state index is -1.77. The van der Waals surface area contributed by atoms with Gasteiger partial charge in [-0.3, -0.25) is 4.79 Å². The van der Waals surface area contributed by atoms with Crippen LogP contribution in [-0.2, 0) is 24.9 Å². The van der Waals surface area contributed by atoms with Gasteiger partial charge >= 0.3 is 158 Å². The first-order chi connectivity index (χ1) is 18.5. The number of aliphatic hydroxyl groups is 1. The van der Waals surface area contributed by atoms with E-state index in [1.807, 2.05) is 47.7 Å². The largest absolute Gasteiger partial charge is 0 e. The van der Waals surface area contributed by atoms with Gasteiger partial charge in [-0.2, -0.15) is 0 Å². The monoisotopic (exact) mass is 789 g/mol. The van der Waals surface area contributed by atoms with Crippen LogP contribution in [-0.4, -0.2) is 29.1 Å². The molecule has 5 heteroatoms. The molecule has 0 amide bonds. The molecule has 0 atom stereocenters. The molecule has 1 aromatic heterocycles. The molecule has 0 spiro atoms. The van der Waals surface area contributed by atoms with Crippen molar-refractivity contribution in [1.82, 2.24) is 4.98 Å². The predicted molar refractivity (Wildman–Crippen MR) is 174 cm³/mol. The maximum absolute atomic E-state index is 11.5. The van der Waals surface area contributed by atoms with Crippen molar-refractivity contribution in [2.75, 3.05) is 0 Å². The van der Waals surface area contributed by atoms with Gasteiger partial charge in [-0.25, -0.2) is 0 Å². The van der Waals surface area contributed by atoms with Gasteiger partial charge in [-0.15, -0.1) is 0 Å². The number of carbonyl (C=O) groups is 1. The molecule has 1 radical (unpaired) electrons. The summed E-state index contributed by atoms with van der Waals surface area (Å²) in [5.41, 5.74) is 4.96. The summed E-state index contributed by atoms with van der Waals surface area (Å²) in [4.78, 5) is 16.1. The molecule has 1 heterocycles. The van der Waals surface area contributed by atoms with Crippen LogP contribution in [0, 0.1) is 23.8 Å². The van der Waals surface area contributed by atoms with Crippen LogP contribution in [0.2, 0.25) is 17.3 Å². The van der Waals surface area contributed by atoms with Crippen molar-refractivity contribution in [3.63, 3.8) is 0 Å². The number of hydrogen-bond donors (Lipinski definition) is 1. The Labute approximate surface area is 263 Å². The number of aliphatic hydroxyl groups excluding tert-OH is 1. The number of nitrogens with zero attached hydrogens (tertiary/aromatic N) is 1. The van der Waals surface area contributed by atoms with Gasteiger partial charge in [0.25, 0.3) is 0 Å². The Balaban J connectivity index is 0.000000360. The third-order valence-electron chi connectivity index (χ3n) is 6.88. The molecule has 0 unspecified atom stereocenters. The maximum Gasteiger partial charge on any atom is 0 e. The molecule has 0 saturated carbocycles. The number of allylic oxidation sites excluding steroid dienone is 2. The SMILES string of the molecule is CC(C)(C)C(=O)/C=C(\O)C(C)(C)C.Cc1cc(-c2cc(-c3cc[c]([Ge]([CH3])([CH3])[CH3])cc3)ccn2)[c-]c2ccccc12.[Ir]. The van der Waals surface area contributed by atoms with E-state index in [2.05, 4.69) is 102 Å². The smallest absolute Gasteiger partial charge is 0 e. The summed E-state index contributed by atoms with van der Waals surface area (Å²) in [6, 6.07) is 27.5. The van der Waals surface area contributed by atoms with Crippen LogP contribution >= 0.6 is 0 Å². The number of benzene rings is 3. The molecule has 3 aromatic carbocycles. The summed E-state index contributed by atoms with van der Waals surface area (Å²) in [6.45, 7) is 13.3. The van der Waals surface area contributed by atoms with Gasteiger partial charge in [0, 0.05) is 37.0 Å². The van der Waals surface area contributed by atoms with E-state index in [0.717, 1.165) is 16.6 Å². The molecule has 0 saturated heterocycles. The summed E-state index contributed by atoms with van der Waals surface area (Å²) in [5, 5.41) is 12.0. The molecule has 0 aliphatic carbocycles. The molecule has 219 valence electrons. The Kier molecular flexibility index (Phi) is 11.5. The number of aromatic nitrogens is 1. The van der Waals surface area contributed by atoms with E-state index in [9.17, 15) is 9.90 Å². The molecule has 3 nitrogen and oxygen atoms in total. The molecular formula is C36H44GeIrNO2-. The average molecular weight is 788 g/mol. The second kappa shape index (κ2) is 13.6. The Hall–Kier alpha value is -2.53. The van der Waals surface area contributed by atoms with Crippen LogP contribution in [0.1, 0.15) is 47.1 Å². The zero-order valence-electron chi connectivity index (χ0n) is 26.1. The van der Waals surface area contributed by atoms with Crippen molar-refractivity contribution < 1.29 is 30.0 Å². The summed E-state index contributed by atoms with van der Waals surface area (Å²) in [7, 11) is 0. The van der Waals surface area contributed by atoms with E-state index in [-0.39, 0.29) is 37.1 Å². The van der Waals surface area contributed by atoms with Gasteiger partial charge in [0.15, 0.2) is 5.78 Å². The molecule has 1 N–H and O–H groups in total. The fraction of sp³-hybridized carbons (Fsp3) is 0.333. The van der Waals surface area contributed by atoms with E-state index >= 15 is 0 Å². The number of ketones is 1. The fourth-order valence-corrected chi connectivity index (χ4v) is 6.47. The van der Waals surface area contributed by atoms with E-state index in [1.165, 1.54) is 32.5 Å². The van der Waals surface area contributed by atoms with Crippen molar-refractivity contribution in [2.24, 2.45) is 10.8 Å². The van der Waals surface area contributed by atoms with Gasteiger partial charge in [0.05, 0.1) is 0 Å².